The standard InChI is InChI=1S/C45H25N5/c1-48-34-21-23-43-39(26-34)38-24-29(27-46)16-22-42(38)50(43)44-15-7-9-33(28-47)45(44)31-19-17-30(18-20-31)32-8-6-10-35(25-32)49-40-13-4-2-11-36(40)37-12-3-5-14-41(37)49/h2-26H. The Balaban J connectivity index is 1.19. The molecule has 0 radical (unpaired) electrons. The molecule has 2 heterocycles. The quantitative estimate of drug-likeness (QED) is 0.181. The van der Waals surface area contributed by atoms with Crippen LogP contribution in [0.4, 0.5) is 5.69 Å². The van der Waals surface area contributed by atoms with Gasteiger partial charge in [0.2, 0.25) is 0 Å². The van der Waals surface area contributed by atoms with Crippen LogP contribution < -0.4 is 0 Å². The van der Waals surface area contributed by atoms with Crippen molar-refractivity contribution in [2.75, 3.05) is 0 Å². The van der Waals surface area contributed by atoms with Crippen molar-refractivity contribution in [3.05, 3.63) is 174 Å². The van der Waals surface area contributed by atoms with Crippen molar-refractivity contribution in [3.8, 4) is 45.8 Å². The molecule has 0 bridgehead atoms. The molecule has 0 spiro atoms. The minimum absolute atomic E-state index is 0.530. The fourth-order valence-electron chi connectivity index (χ4n) is 7.39. The van der Waals surface area contributed by atoms with Crippen LogP contribution in [0.15, 0.2) is 152 Å². The molecule has 0 N–H and O–H groups in total. The summed E-state index contributed by atoms with van der Waals surface area (Å²) >= 11 is 0. The number of nitrogens with zero attached hydrogens (tertiary/aromatic N) is 5. The number of nitriles is 2. The lowest BCUT2D eigenvalue weighted by molar-refractivity contribution is 1.18. The van der Waals surface area contributed by atoms with E-state index in [4.69, 9.17) is 6.57 Å². The first-order valence-corrected chi connectivity index (χ1v) is 16.3. The minimum atomic E-state index is 0.530. The summed E-state index contributed by atoms with van der Waals surface area (Å²) in [6.07, 6.45) is 0. The summed E-state index contributed by atoms with van der Waals surface area (Å²) in [6.45, 7) is 7.60. The number of para-hydroxylation sites is 2. The third-order valence-corrected chi connectivity index (χ3v) is 9.60. The molecule has 0 aliphatic heterocycles. The lowest BCUT2D eigenvalue weighted by atomic mass is 9.95. The first-order valence-electron chi connectivity index (χ1n) is 16.3. The summed E-state index contributed by atoms with van der Waals surface area (Å²) in [5.41, 5.74) is 11.6. The molecule has 9 rings (SSSR count). The lowest BCUT2D eigenvalue weighted by Gasteiger charge is -2.16. The Morgan fingerprint density at radius 2 is 1.12 bits per heavy atom. The van der Waals surface area contributed by atoms with Gasteiger partial charge in [-0.25, -0.2) is 4.85 Å². The monoisotopic (exact) mass is 635 g/mol. The molecule has 0 amide bonds. The van der Waals surface area contributed by atoms with Crippen molar-refractivity contribution >= 4 is 49.3 Å². The molecule has 0 aliphatic rings. The van der Waals surface area contributed by atoms with Gasteiger partial charge in [0.25, 0.3) is 0 Å². The summed E-state index contributed by atoms with van der Waals surface area (Å²) in [5, 5.41) is 24.2. The van der Waals surface area contributed by atoms with Crippen LogP contribution in [0.1, 0.15) is 11.1 Å². The Hall–Kier alpha value is -7.39. The third-order valence-electron chi connectivity index (χ3n) is 9.60. The van der Waals surface area contributed by atoms with E-state index in [2.05, 4.69) is 123 Å². The van der Waals surface area contributed by atoms with Crippen molar-refractivity contribution in [2.45, 2.75) is 0 Å². The number of fused-ring (bicyclic) bond motifs is 6. The second-order valence-electron chi connectivity index (χ2n) is 12.3. The van der Waals surface area contributed by atoms with Crippen LogP contribution in [-0.2, 0) is 0 Å². The molecule has 230 valence electrons. The molecule has 0 saturated carbocycles. The Bertz CT molecular complexity index is 2830. The SMILES string of the molecule is [C-]#[N+]c1ccc2c(c1)c1cc(C#N)ccc1n2-c1cccc(C#N)c1-c1ccc(-c2cccc(-n3c4ccccc4c4ccccc43)c2)cc1. The molecule has 7 aromatic carbocycles. The van der Waals surface area contributed by atoms with Crippen molar-refractivity contribution in [2.24, 2.45) is 0 Å². The van der Waals surface area contributed by atoms with Crippen molar-refractivity contribution in [1.29, 1.82) is 10.5 Å². The van der Waals surface area contributed by atoms with Crippen LogP contribution >= 0.6 is 0 Å². The van der Waals surface area contributed by atoms with Crippen LogP contribution in [0.2, 0.25) is 0 Å². The molecule has 0 atom stereocenters. The second kappa shape index (κ2) is 11.4. The average Bonchev–Trinajstić information content (AvgIpc) is 3.69. The molecule has 0 fully saturated rings. The van der Waals surface area contributed by atoms with Crippen LogP contribution in [0.5, 0.6) is 0 Å². The van der Waals surface area contributed by atoms with E-state index in [-0.39, 0.29) is 0 Å². The Kier molecular flexibility index (Phi) is 6.56. The zero-order valence-electron chi connectivity index (χ0n) is 26.7. The Labute approximate surface area is 288 Å². The highest BCUT2D eigenvalue weighted by molar-refractivity contribution is 6.11. The molecule has 0 unspecified atom stereocenters. The molecule has 9 aromatic rings. The lowest BCUT2D eigenvalue weighted by Crippen LogP contribution is -1.99. The van der Waals surface area contributed by atoms with Gasteiger partial charge in [-0.15, -0.1) is 0 Å². The van der Waals surface area contributed by atoms with Gasteiger partial charge in [-0.3, -0.25) is 0 Å². The number of aromatic nitrogens is 2. The summed E-state index contributed by atoms with van der Waals surface area (Å²) in [5.74, 6) is 0. The highest BCUT2D eigenvalue weighted by Gasteiger charge is 2.19. The van der Waals surface area contributed by atoms with Gasteiger partial charge in [0.1, 0.15) is 0 Å². The Morgan fingerprint density at radius 3 is 1.82 bits per heavy atom. The van der Waals surface area contributed by atoms with Crippen LogP contribution in [-0.4, -0.2) is 9.13 Å². The van der Waals surface area contributed by atoms with E-state index >= 15 is 0 Å². The minimum Gasteiger partial charge on any atom is -0.309 e. The van der Waals surface area contributed by atoms with Gasteiger partial charge in [0.05, 0.1) is 57.6 Å². The molecule has 0 aliphatic carbocycles. The second-order valence-corrected chi connectivity index (χ2v) is 12.3. The zero-order chi connectivity index (χ0) is 33.8. The van der Waals surface area contributed by atoms with Crippen LogP contribution in [0.25, 0.3) is 82.1 Å². The molecule has 50 heavy (non-hydrogen) atoms. The average molecular weight is 636 g/mol. The molecular weight excluding hydrogens is 611 g/mol. The number of rotatable bonds is 4. The van der Waals surface area contributed by atoms with Crippen molar-refractivity contribution in [1.82, 2.24) is 9.13 Å². The fourth-order valence-corrected chi connectivity index (χ4v) is 7.39. The van der Waals surface area contributed by atoms with E-state index in [1.807, 2.05) is 54.6 Å². The number of hydrogen-bond acceptors (Lipinski definition) is 2. The maximum Gasteiger partial charge on any atom is 0.188 e. The van der Waals surface area contributed by atoms with Crippen LogP contribution in [0.3, 0.4) is 0 Å². The van der Waals surface area contributed by atoms with Gasteiger partial charge >= 0.3 is 0 Å². The van der Waals surface area contributed by atoms with E-state index < -0.39 is 0 Å². The molecule has 5 heteroatoms. The summed E-state index contributed by atoms with van der Waals surface area (Å²) in [4.78, 5) is 3.66. The predicted molar refractivity (Wildman–Crippen MR) is 202 cm³/mol. The molecule has 2 aromatic heterocycles. The summed E-state index contributed by atoms with van der Waals surface area (Å²) in [6, 6.07) is 55.8. The summed E-state index contributed by atoms with van der Waals surface area (Å²) < 4.78 is 4.46. The van der Waals surface area contributed by atoms with Crippen molar-refractivity contribution < 1.29 is 0 Å². The fraction of sp³-hybridized carbons (Fsp3) is 0. The van der Waals surface area contributed by atoms with Gasteiger partial charge < -0.3 is 9.13 Å². The number of hydrogen-bond donors (Lipinski definition) is 0. The van der Waals surface area contributed by atoms with Gasteiger partial charge in [-0.05, 0) is 88.8 Å². The van der Waals surface area contributed by atoms with E-state index in [1.165, 1.54) is 21.8 Å². The molecular formula is C45H25N5. The smallest absolute Gasteiger partial charge is 0.188 e. The summed E-state index contributed by atoms with van der Waals surface area (Å²) in [7, 11) is 0. The predicted octanol–water partition coefficient (Wildman–Crippen LogP) is 11.5. The van der Waals surface area contributed by atoms with Gasteiger partial charge in [-0.1, -0.05) is 84.9 Å². The van der Waals surface area contributed by atoms with Gasteiger partial charge in [0, 0.05) is 27.4 Å². The van der Waals surface area contributed by atoms with E-state index in [0.717, 1.165) is 55.4 Å². The van der Waals surface area contributed by atoms with Crippen LogP contribution in [0, 0.1) is 29.2 Å². The topological polar surface area (TPSA) is 61.8 Å². The molecule has 0 saturated heterocycles. The highest BCUT2D eigenvalue weighted by atomic mass is 15.0. The largest absolute Gasteiger partial charge is 0.309 e. The normalized spacial score (nSPS) is 11.1. The van der Waals surface area contributed by atoms with Gasteiger partial charge in [0.15, 0.2) is 5.69 Å². The zero-order valence-corrected chi connectivity index (χ0v) is 26.7. The first-order chi connectivity index (χ1) is 24.7. The van der Waals surface area contributed by atoms with E-state index in [0.29, 0.717) is 16.8 Å². The van der Waals surface area contributed by atoms with E-state index in [1.54, 1.807) is 0 Å². The maximum atomic E-state index is 10.3. The Morgan fingerprint density at radius 1 is 0.480 bits per heavy atom. The van der Waals surface area contributed by atoms with Gasteiger partial charge in [-0.2, -0.15) is 10.5 Å². The third kappa shape index (κ3) is 4.38. The van der Waals surface area contributed by atoms with E-state index in [9.17, 15) is 10.5 Å². The highest BCUT2D eigenvalue weighted by Crippen LogP contribution is 2.40. The maximum absolute atomic E-state index is 10.3. The number of benzene rings is 7. The first kappa shape index (κ1) is 28.8. The van der Waals surface area contributed by atoms with Crippen molar-refractivity contribution in [3.63, 3.8) is 0 Å². The molecule has 5 nitrogen and oxygen atoms in total.